The van der Waals surface area contributed by atoms with Crippen molar-refractivity contribution in [3.63, 3.8) is 0 Å². The fraction of sp³-hybridized carbons (Fsp3) is 0.471. The number of oxime groups is 1. The molecule has 3 heterocycles. The summed E-state index contributed by atoms with van der Waals surface area (Å²) in [6.45, 7) is 2.88. The summed E-state index contributed by atoms with van der Waals surface area (Å²) in [6.07, 6.45) is 0. The van der Waals surface area contributed by atoms with Gasteiger partial charge in [-0.25, -0.2) is 4.98 Å². The van der Waals surface area contributed by atoms with Crippen LogP contribution in [-0.4, -0.2) is 75.5 Å². The summed E-state index contributed by atoms with van der Waals surface area (Å²) >= 11 is 2.60. The topological polar surface area (TPSA) is 156 Å². The van der Waals surface area contributed by atoms with Gasteiger partial charge in [0.05, 0.1) is 6.61 Å². The highest BCUT2D eigenvalue weighted by Crippen LogP contribution is 2.40. The molecule has 162 valence electrons. The second kappa shape index (κ2) is 9.45. The van der Waals surface area contributed by atoms with Crippen molar-refractivity contribution in [2.24, 2.45) is 5.16 Å². The summed E-state index contributed by atoms with van der Waals surface area (Å²) in [7, 11) is 0. The van der Waals surface area contributed by atoms with Crippen molar-refractivity contribution < 1.29 is 29.1 Å². The van der Waals surface area contributed by atoms with Crippen molar-refractivity contribution in [1.82, 2.24) is 15.2 Å². The Kier molecular flexibility index (Phi) is 6.95. The number of esters is 1. The average molecular weight is 456 g/mol. The molecule has 30 heavy (non-hydrogen) atoms. The van der Waals surface area contributed by atoms with Gasteiger partial charge in [0.25, 0.3) is 11.8 Å². The van der Waals surface area contributed by atoms with E-state index in [1.165, 1.54) is 18.7 Å². The fourth-order valence-electron chi connectivity index (χ4n) is 2.88. The molecule has 11 nitrogen and oxygen atoms in total. The number of carbonyl (C=O) groups excluding carboxylic acids is 3. The molecule has 0 aliphatic carbocycles. The molecular formula is C17H21N5O6S2. The molecule has 1 fully saturated rings. The summed E-state index contributed by atoms with van der Waals surface area (Å²) in [5, 5.41) is 16.8. The van der Waals surface area contributed by atoms with Crippen LogP contribution in [0.1, 0.15) is 19.5 Å². The van der Waals surface area contributed by atoms with Crippen molar-refractivity contribution in [3.8, 4) is 0 Å². The molecule has 13 heteroatoms. The predicted octanol–water partition coefficient (Wildman–Crippen LogP) is -0.325. The van der Waals surface area contributed by atoms with Crippen LogP contribution in [0.2, 0.25) is 0 Å². The van der Waals surface area contributed by atoms with Gasteiger partial charge < -0.3 is 25.7 Å². The quantitative estimate of drug-likeness (QED) is 0.157. The van der Waals surface area contributed by atoms with Crippen LogP contribution >= 0.6 is 23.1 Å². The molecule has 0 bridgehead atoms. The molecule has 4 N–H and O–H groups in total. The number of nitrogen functional groups attached to an aromatic ring is 1. The van der Waals surface area contributed by atoms with Crippen molar-refractivity contribution in [3.05, 3.63) is 22.3 Å². The highest BCUT2D eigenvalue weighted by atomic mass is 32.2. The van der Waals surface area contributed by atoms with Crippen molar-refractivity contribution in [2.45, 2.75) is 25.3 Å². The smallest absolute Gasteiger partial charge is 0.302 e. The van der Waals surface area contributed by atoms with E-state index in [1.54, 1.807) is 17.2 Å². The van der Waals surface area contributed by atoms with Gasteiger partial charge in [-0.05, 0) is 12.5 Å². The number of nitrogens with zero attached hydrogens (tertiary/aromatic N) is 3. The number of amides is 2. The lowest BCUT2D eigenvalue weighted by Crippen LogP contribution is -2.70. The largest absolute Gasteiger partial charge is 0.461 e. The molecule has 0 spiro atoms. The molecule has 0 unspecified atom stereocenters. The maximum atomic E-state index is 12.8. The number of thioether (sulfide) groups is 1. The summed E-state index contributed by atoms with van der Waals surface area (Å²) in [6, 6.07) is -0.744. The Labute approximate surface area is 180 Å². The number of aromatic nitrogens is 1. The molecule has 0 radical (unpaired) electrons. The first-order valence-electron chi connectivity index (χ1n) is 8.93. The van der Waals surface area contributed by atoms with Gasteiger partial charge in [0.15, 0.2) is 10.8 Å². The Bertz CT molecular complexity index is 914. The molecule has 1 saturated heterocycles. The molecule has 1 aromatic rings. The number of ether oxygens (including phenoxy) is 1. The molecule has 2 aliphatic rings. The fourth-order valence-corrected chi connectivity index (χ4v) is 4.88. The summed E-state index contributed by atoms with van der Waals surface area (Å²) in [5.41, 5.74) is 7.29. The number of β-lactam (4-membered cyclic amide) rings is 1. The molecule has 2 amide bonds. The van der Waals surface area contributed by atoms with Crippen LogP contribution in [0.4, 0.5) is 5.13 Å². The summed E-state index contributed by atoms with van der Waals surface area (Å²) in [5.74, 6) is -0.722. The molecule has 1 aromatic heterocycles. The van der Waals surface area contributed by atoms with Gasteiger partial charge in [-0.3, -0.25) is 19.3 Å². The van der Waals surface area contributed by atoms with Gasteiger partial charge in [-0.2, -0.15) is 0 Å². The standard InChI is InChI=1S/C17H21N5O6S2/c1-8-10(5-27-9(2)24)6-29-16-13(15(26)22(8)16)20-14(25)12(21-28-4-3-23)11-7-30-17(18)19-11/h7,13,16,23H,3-6H2,1-2H3,(H2,18,19)(H,20,25)/t13-,16-/m1/s1. The molecule has 2 atom stereocenters. The maximum Gasteiger partial charge on any atom is 0.302 e. The molecule has 0 aromatic carbocycles. The summed E-state index contributed by atoms with van der Waals surface area (Å²) in [4.78, 5) is 47.0. The number of allylic oxidation sites excluding steroid dienone is 1. The zero-order chi connectivity index (χ0) is 21.8. The number of thiazole rings is 1. The third kappa shape index (κ3) is 4.57. The van der Waals surface area contributed by atoms with E-state index in [9.17, 15) is 14.4 Å². The first-order chi connectivity index (χ1) is 14.3. The lowest BCUT2D eigenvalue weighted by Gasteiger charge is -2.50. The molecule has 0 saturated carbocycles. The second-order valence-electron chi connectivity index (χ2n) is 6.40. The van der Waals surface area contributed by atoms with Crippen molar-refractivity contribution >= 4 is 51.7 Å². The molecular weight excluding hydrogens is 434 g/mol. The van der Waals surface area contributed by atoms with Crippen LogP contribution in [0.15, 0.2) is 21.8 Å². The zero-order valence-corrected chi connectivity index (χ0v) is 17.9. The zero-order valence-electron chi connectivity index (χ0n) is 16.3. The first kappa shape index (κ1) is 22.1. The number of hydrogen-bond donors (Lipinski definition) is 3. The monoisotopic (exact) mass is 455 g/mol. The van der Waals surface area contributed by atoms with Gasteiger partial charge in [-0.1, -0.05) is 5.16 Å². The predicted molar refractivity (Wildman–Crippen MR) is 110 cm³/mol. The molecule has 3 rings (SSSR count). The SMILES string of the molecule is CC(=O)OCC1=C(C)N2C(=O)[C@@H](NC(=O)C(=NOCCO)c3csc(N)n3)[C@H]2SC1. The third-order valence-corrected chi connectivity index (χ3v) is 6.41. The van der Waals surface area contributed by atoms with Gasteiger partial charge in [-0.15, -0.1) is 23.1 Å². The van der Waals surface area contributed by atoms with Crippen LogP contribution in [0.3, 0.4) is 0 Å². The average Bonchev–Trinajstić information content (AvgIpc) is 3.13. The number of nitrogens with one attached hydrogen (secondary N) is 1. The highest BCUT2D eigenvalue weighted by Gasteiger charge is 2.52. The third-order valence-electron chi connectivity index (χ3n) is 4.40. The van der Waals surface area contributed by atoms with Crippen LogP contribution in [0.5, 0.6) is 0 Å². The number of carbonyl (C=O) groups is 3. The maximum absolute atomic E-state index is 12.8. The Morgan fingerprint density at radius 1 is 1.50 bits per heavy atom. The van der Waals surface area contributed by atoms with Gasteiger partial charge in [0.2, 0.25) is 0 Å². The van der Waals surface area contributed by atoms with E-state index in [-0.39, 0.29) is 53.6 Å². The summed E-state index contributed by atoms with van der Waals surface area (Å²) < 4.78 is 5.03. The van der Waals surface area contributed by atoms with Crippen LogP contribution in [0, 0.1) is 0 Å². The van der Waals surface area contributed by atoms with Gasteiger partial charge >= 0.3 is 5.97 Å². The first-order valence-corrected chi connectivity index (χ1v) is 10.9. The van der Waals surface area contributed by atoms with E-state index in [4.69, 9.17) is 20.4 Å². The van der Waals surface area contributed by atoms with E-state index in [2.05, 4.69) is 15.5 Å². The molecule has 2 aliphatic heterocycles. The number of rotatable bonds is 8. The normalized spacial score (nSPS) is 21.1. The van der Waals surface area contributed by atoms with Crippen LogP contribution in [0.25, 0.3) is 0 Å². The number of nitrogens with two attached hydrogens (primary N) is 1. The number of aliphatic hydroxyl groups excluding tert-OH is 1. The van der Waals surface area contributed by atoms with Crippen molar-refractivity contribution in [1.29, 1.82) is 0 Å². The van der Waals surface area contributed by atoms with Crippen LogP contribution in [-0.2, 0) is 24.0 Å². The van der Waals surface area contributed by atoms with E-state index in [0.717, 1.165) is 22.6 Å². The lowest BCUT2D eigenvalue weighted by atomic mass is 10.0. The minimum atomic E-state index is -0.744. The minimum Gasteiger partial charge on any atom is -0.461 e. The van der Waals surface area contributed by atoms with E-state index < -0.39 is 11.9 Å². The Hall–Kier alpha value is -2.64. The minimum absolute atomic E-state index is 0.0971. The van der Waals surface area contributed by atoms with Crippen molar-refractivity contribution in [2.75, 3.05) is 31.3 Å². The van der Waals surface area contributed by atoms with Gasteiger partial charge in [0, 0.05) is 23.8 Å². The van der Waals surface area contributed by atoms with E-state index in [0.29, 0.717) is 5.75 Å². The number of aliphatic hydroxyl groups is 1. The highest BCUT2D eigenvalue weighted by molar-refractivity contribution is 8.00. The Morgan fingerprint density at radius 3 is 2.90 bits per heavy atom. The second-order valence-corrected chi connectivity index (χ2v) is 8.39. The Morgan fingerprint density at radius 2 is 2.27 bits per heavy atom. The van der Waals surface area contributed by atoms with E-state index in [1.807, 2.05) is 0 Å². The van der Waals surface area contributed by atoms with Crippen LogP contribution < -0.4 is 11.1 Å². The van der Waals surface area contributed by atoms with E-state index >= 15 is 0 Å². The number of anilines is 1. The van der Waals surface area contributed by atoms with Gasteiger partial charge in [0.1, 0.15) is 30.3 Å². The number of fused-ring (bicyclic) bond motifs is 1. The lowest BCUT2D eigenvalue weighted by molar-refractivity contribution is -0.145. The Balaban J connectivity index is 1.70. The number of hydrogen-bond acceptors (Lipinski definition) is 11.